The van der Waals surface area contributed by atoms with Crippen molar-refractivity contribution in [3.63, 3.8) is 0 Å². The maximum Gasteiger partial charge on any atom is 0.252 e. The van der Waals surface area contributed by atoms with E-state index in [0.29, 0.717) is 24.1 Å². The van der Waals surface area contributed by atoms with Crippen LogP contribution in [-0.2, 0) is 4.74 Å². The van der Waals surface area contributed by atoms with E-state index in [0.717, 1.165) is 12.8 Å². The van der Waals surface area contributed by atoms with Crippen LogP contribution in [0, 0.1) is 0 Å². The molecule has 2 aliphatic heterocycles. The highest BCUT2D eigenvalue weighted by atomic mass is 16.5. The number of nitrogens with one attached hydrogen (secondary N) is 2. The number of aromatic amines is 1. The van der Waals surface area contributed by atoms with Gasteiger partial charge in [-0.3, -0.25) is 4.79 Å². The molecule has 0 saturated carbocycles. The van der Waals surface area contributed by atoms with Crippen LogP contribution in [0.3, 0.4) is 0 Å². The molecule has 2 bridgehead atoms. The normalized spacial score (nSPS) is 33.2. The minimum Gasteiger partial charge on any atom is -0.373 e. The van der Waals surface area contributed by atoms with Crippen molar-refractivity contribution in [1.29, 1.82) is 0 Å². The van der Waals surface area contributed by atoms with Gasteiger partial charge in [0.05, 0.1) is 24.6 Å². The molecule has 3 heterocycles. The summed E-state index contributed by atoms with van der Waals surface area (Å²) in [6, 6.07) is 1.80. The Labute approximate surface area is 86.9 Å². The molecule has 15 heavy (non-hydrogen) atoms. The largest absolute Gasteiger partial charge is 0.373 e. The van der Waals surface area contributed by atoms with Gasteiger partial charge in [-0.15, -0.1) is 0 Å². The molecule has 0 amide bonds. The topological polar surface area (TPSA) is 67.0 Å². The fraction of sp³-hybridized carbons (Fsp3) is 0.600. The predicted molar refractivity (Wildman–Crippen MR) is 54.8 cm³/mol. The standard InChI is InChI=1S/C10H13N3O2/c14-10-4-9(11-5-12-10)13-7-3-6-1-2-8(7)15-6/h4-8H,1-3H2,(H2,11,12,13,14). The monoisotopic (exact) mass is 207 g/mol. The second-order valence-corrected chi connectivity index (χ2v) is 4.16. The lowest BCUT2D eigenvalue weighted by atomic mass is 9.95. The van der Waals surface area contributed by atoms with E-state index in [1.807, 2.05) is 0 Å². The summed E-state index contributed by atoms with van der Waals surface area (Å²) in [4.78, 5) is 17.6. The summed E-state index contributed by atoms with van der Waals surface area (Å²) in [6.07, 6.45) is 5.44. The Hall–Kier alpha value is -1.36. The van der Waals surface area contributed by atoms with Gasteiger partial charge in [0.15, 0.2) is 0 Å². The molecule has 1 aromatic rings. The van der Waals surface area contributed by atoms with Gasteiger partial charge in [-0.05, 0) is 19.3 Å². The highest BCUT2D eigenvalue weighted by Crippen LogP contribution is 2.35. The second kappa shape index (κ2) is 3.34. The van der Waals surface area contributed by atoms with Crippen molar-refractivity contribution >= 4 is 5.82 Å². The lowest BCUT2D eigenvalue weighted by Gasteiger charge is -2.20. The fourth-order valence-electron chi connectivity index (χ4n) is 2.43. The van der Waals surface area contributed by atoms with E-state index in [-0.39, 0.29) is 5.56 Å². The Morgan fingerprint density at radius 2 is 2.47 bits per heavy atom. The molecule has 80 valence electrons. The summed E-state index contributed by atoms with van der Waals surface area (Å²) < 4.78 is 5.71. The number of anilines is 1. The Morgan fingerprint density at radius 3 is 3.13 bits per heavy atom. The highest BCUT2D eigenvalue weighted by Gasteiger charge is 2.40. The third kappa shape index (κ3) is 1.63. The van der Waals surface area contributed by atoms with E-state index >= 15 is 0 Å². The zero-order chi connectivity index (χ0) is 10.3. The number of rotatable bonds is 2. The molecule has 3 rings (SSSR count). The van der Waals surface area contributed by atoms with Crippen LogP contribution < -0.4 is 10.9 Å². The van der Waals surface area contributed by atoms with E-state index in [2.05, 4.69) is 15.3 Å². The summed E-state index contributed by atoms with van der Waals surface area (Å²) in [5, 5.41) is 3.26. The van der Waals surface area contributed by atoms with Crippen LogP contribution in [0.15, 0.2) is 17.2 Å². The zero-order valence-corrected chi connectivity index (χ0v) is 8.27. The van der Waals surface area contributed by atoms with Crippen LogP contribution in [0.1, 0.15) is 19.3 Å². The predicted octanol–water partition coefficient (Wildman–Crippen LogP) is 0.502. The van der Waals surface area contributed by atoms with Crippen LogP contribution in [-0.4, -0.2) is 28.2 Å². The zero-order valence-electron chi connectivity index (χ0n) is 8.27. The number of aromatic nitrogens is 2. The molecule has 5 nitrogen and oxygen atoms in total. The van der Waals surface area contributed by atoms with E-state index in [1.165, 1.54) is 18.8 Å². The SMILES string of the molecule is O=c1cc(NC2CC3CCC2O3)nc[nH]1. The van der Waals surface area contributed by atoms with Gasteiger partial charge in [0.25, 0.3) is 5.56 Å². The first kappa shape index (κ1) is 8.91. The molecule has 0 aliphatic carbocycles. The molecule has 2 aliphatic rings. The molecule has 0 radical (unpaired) electrons. The van der Waals surface area contributed by atoms with Crippen molar-refractivity contribution in [2.75, 3.05) is 5.32 Å². The maximum atomic E-state index is 11.1. The van der Waals surface area contributed by atoms with Crippen molar-refractivity contribution < 1.29 is 4.74 Å². The molecule has 2 N–H and O–H groups in total. The smallest absolute Gasteiger partial charge is 0.252 e. The average Bonchev–Trinajstić information content (AvgIpc) is 2.79. The molecule has 3 unspecified atom stereocenters. The van der Waals surface area contributed by atoms with Crippen molar-refractivity contribution in [2.24, 2.45) is 0 Å². The minimum absolute atomic E-state index is 0.128. The summed E-state index contributed by atoms with van der Waals surface area (Å²) in [6.45, 7) is 0. The molecule has 0 aromatic carbocycles. The minimum atomic E-state index is -0.128. The van der Waals surface area contributed by atoms with Gasteiger partial charge < -0.3 is 15.0 Å². The summed E-state index contributed by atoms with van der Waals surface area (Å²) in [5.74, 6) is 0.639. The van der Waals surface area contributed by atoms with Crippen molar-refractivity contribution in [3.05, 3.63) is 22.7 Å². The number of hydrogen-bond acceptors (Lipinski definition) is 4. The summed E-state index contributed by atoms with van der Waals surface area (Å²) in [7, 11) is 0. The summed E-state index contributed by atoms with van der Waals surface area (Å²) in [5.41, 5.74) is -0.128. The van der Waals surface area contributed by atoms with Crippen LogP contribution in [0.5, 0.6) is 0 Å². The number of ether oxygens (including phenoxy) is 1. The van der Waals surface area contributed by atoms with Crippen LogP contribution >= 0.6 is 0 Å². The Bertz CT molecular complexity index is 417. The molecule has 1 aromatic heterocycles. The fourth-order valence-corrected chi connectivity index (χ4v) is 2.43. The van der Waals surface area contributed by atoms with Gasteiger partial charge >= 0.3 is 0 Å². The number of hydrogen-bond donors (Lipinski definition) is 2. The first-order chi connectivity index (χ1) is 7.31. The van der Waals surface area contributed by atoms with E-state index < -0.39 is 0 Å². The molecular weight excluding hydrogens is 194 g/mol. The molecular formula is C10H13N3O2. The highest BCUT2D eigenvalue weighted by molar-refractivity contribution is 5.34. The second-order valence-electron chi connectivity index (χ2n) is 4.16. The van der Waals surface area contributed by atoms with Crippen LogP contribution in [0.2, 0.25) is 0 Å². The molecule has 5 heteroatoms. The first-order valence-corrected chi connectivity index (χ1v) is 5.28. The van der Waals surface area contributed by atoms with E-state index in [9.17, 15) is 4.79 Å². The van der Waals surface area contributed by atoms with E-state index in [1.54, 1.807) is 0 Å². The Balaban J connectivity index is 1.73. The van der Waals surface area contributed by atoms with Gasteiger partial charge in [-0.25, -0.2) is 4.98 Å². The lowest BCUT2D eigenvalue weighted by Crippen LogP contribution is -2.31. The third-order valence-electron chi connectivity index (χ3n) is 3.12. The molecule has 3 atom stereocenters. The third-order valence-corrected chi connectivity index (χ3v) is 3.12. The van der Waals surface area contributed by atoms with Gasteiger partial charge in [-0.2, -0.15) is 0 Å². The number of H-pyrrole nitrogens is 1. The van der Waals surface area contributed by atoms with Gasteiger partial charge in [-0.1, -0.05) is 0 Å². The molecule has 2 saturated heterocycles. The number of nitrogens with zero attached hydrogens (tertiary/aromatic N) is 1. The van der Waals surface area contributed by atoms with Crippen LogP contribution in [0.25, 0.3) is 0 Å². The summed E-state index contributed by atoms with van der Waals surface area (Å²) >= 11 is 0. The van der Waals surface area contributed by atoms with Crippen molar-refractivity contribution in [2.45, 2.75) is 37.5 Å². The van der Waals surface area contributed by atoms with Crippen LogP contribution in [0.4, 0.5) is 5.82 Å². The molecule has 2 fully saturated rings. The molecule has 0 spiro atoms. The Kier molecular flexibility index (Phi) is 1.98. The van der Waals surface area contributed by atoms with E-state index in [4.69, 9.17) is 4.74 Å². The number of fused-ring (bicyclic) bond motifs is 2. The van der Waals surface area contributed by atoms with Crippen molar-refractivity contribution in [3.8, 4) is 0 Å². The first-order valence-electron chi connectivity index (χ1n) is 5.28. The van der Waals surface area contributed by atoms with Gasteiger partial charge in [0.1, 0.15) is 5.82 Å². The van der Waals surface area contributed by atoms with Crippen molar-refractivity contribution in [1.82, 2.24) is 9.97 Å². The van der Waals surface area contributed by atoms with Gasteiger partial charge in [0, 0.05) is 6.07 Å². The average molecular weight is 207 g/mol. The van der Waals surface area contributed by atoms with Gasteiger partial charge in [0.2, 0.25) is 0 Å². The Morgan fingerprint density at radius 1 is 1.53 bits per heavy atom. The quantitative estimate of drug-likeness (QED) is 0.741. The lowest BCUT2D eigenvalue weighted by molar-refractivity contribution is 0.102. The maximum absolute atomic E-state index is 11.1.